The van der Waals surface area contributed by atoms with E-state index in [1.807, 2.05) is 0 Å². The first-order valence-corrected chi connectivity index (χ1v) is 5.12. The van der Waals surface area contributed by atoms with Crippen molar-refractivity contribution in [3.8, 4) is 0 Å². The van der Waals surface area contributed by atoms with Crippen LogP contribution in [0.3, 0.4) is 0 Å². The third kappa shape index (κ3) is 4.12. The van der Waals surface area contributed by atoms with E-state index in [0.717, 1.165) is 0 Å². The quantitative estimate of drug-likeness (QED) is 0.510. The maximum atomic E-state index is 11.6. The summed E-state index contributed by atoms with van der Waals surface area (Å²) >= 11 is 0. The molecule has 2 amide bonds. The van der Waals surface area contributed by atoms with Gasteiger partial charge in [0, 0.05) is 5.69 Å². The molecule has 0 fully saturated rings. The highest BCUT2D eigenvalue weighted by atomic mass is 16.4. The first-order valence-electron chi connectivity index (χ1n) is 5.12. The van der Waals surface area contributed by atoms with Crippen molar-refractivity contribution in [1.29, 1.82) is 0 Å². The topological polar surface area (TPSA) is 122 Å². The number of anilines is 1. The van der Waals surface area contributed by atoms with E-state index in [1.165, 1.54) is 6.07 Å². The molecule has 7 heteroatoms. The second-order valence-electron chi connectivity index (χ2n) is 3.44. The SMILES string of the molecule is Nc1ccccc1C(=O)NCC(=O)NCC(=O)O. The maximum absolute atomic E-state index is 11.6. The molecule has 18 heavy (non-hydrogen) atoms. The smallest absolute Gasteiger partial charge is 0.322 e. The fraction of sp³-hybridized carbons (Fsp3) is 0.182. The van der Waals surface area contributed by atoms with Gasteiger partial charge in [0.15, 0.2) is 0 Å². The molecule has 0 aromatic heterocycles. The van der Waals surface area contributed by atoms with Crippen LogP contribution in [0.5, 0.6) is 0 Å². The van der Waals surface area contributed by atoms with E-state index < -0.39 is 24.3 Å². The summed E-state index contributed by atoms with van der Waals surface area (Å²) in [5.74, 6) is -2.22. The Morgan fingerprint density at radius 1 is 1.11 bits per heavy atom. The Hall–Kier alpha value is -2.57. The van der Waals surface area contributed by atoms with Gasteiger partial charge < -0.3 is 21.5 Å². The number of nitrogen functional groups attached to an aromatic ring is 1. The highest BCUT2D eigenvalue weighted by molar-refractivity contribution is 6.00. The third-order valence-electron chi connectivity index (χ3n) is 2.05. The minimum Gasteiger partial charge on any atom is -0.480 e. The molecule has 1 aromatic rings. The van der Waals surface area contributed by atoms with E-state index >= 15 is 0 Å². The molecular formula is C11H13N3O4. The van der Waals surface area contributed by atoms with E-state index in [4.69, 9.17) is 10.8 Å². The normalized spacial score (nSPS) is 9.56. The van der Waals surface area contributed by atoms with Crippen LogP contribution in [0, 0.1) is 0 Å². The maximum Gasteiger partial charge on any atom is 0.322 e. The van der Waals surface area contributed by atoms with Crippen LogP contribution in [-0.4, -0.2) is 36.0 Å². The fourth-order valence-corrected chi connectivity index (χ4v) is 1.20. The molecule has 0 radical (unpaired) electrons. The first-order chi connectivity index (χ1) is 8.50. The van der Waals surface area contributed by atoms with Crippen molar-refractivity contribution in [2.75, 3.05) is 18.8 Å². The van der Waals surface area contributed by atoms with Crippen molar-refractivity contribution in [3.05, 3.63) is 29.8 Å². The molecule has 1 rings (SSSR count). The number of aliphatic carboxylic acids is 1. The van der Waals surface area contributed by atoms with Gasteiger partial charge in [-0.05, 0) is 12.1 Å². The van der Waals surface area contributed by atoms with Crippen LogP contribution in [0.1, 0.15) is 10.4 Å². The summed E-state index contributed by atoms with van der Waals surface area (Å²) in [6, 6.07) is 6.43. The predicted octanol–water partition coefficient (Wildman–Crippen LogP) is -0.801. The number of carboxylic acid groups (broad SMARTS) is 1. The molecule has 7 nitrogen and oxygen atoms in total. The lowest BCUT2D eigenvalue weighted by atomic mass is 10.1. The summed E-state index contributed by atoms with van der Waals surface area (Å²) in [6.45, 7) is -0.789. The van der Waals surface area contributed by atoms with Gasteiger partial charge in [-0.3, -0.25) is 14.4 Å². The van der Waals surface area contributed by atoms with Gasteiger partial charge in [0.05, 0.1) is 12.1 Å². The monoisotopic (exact) mass is 251 g/mol. The Morgan fingerprint density at radius 2 is 1.78 bits per heavy atom. The molecule has 5 N–H and O–H groups in total. The van der Waals surface area contributed by atoms with Crippen molar-refractivity contribution in [3.63, 3.8) is 0 Å². The van der Waals surface area contributed by atoms with Crippen LogP contribution in [0.15, 0.2) is 24.3 Å². The van der Waals surface area contributed by atoms with Gasteiger partial charge in [-0.25, -0.2) is 0 Å². The predicted molar refractivity (Wildman–Crippen MR) is 63.8 cm³/mol. The molecule has 0 bridgehead atoms. The summed E-state index contributed by atoms with van der Waals surface area (Å²) in [6.07, 6.45) is 0. The highest BCUT2D eigenvalue weighted by Crippen LogP contribution is 2.09. The molecule has 0 heterocycles. The zero-order valence-corrected chi connectivity index (χ0v) is 9.47. The number of carbonyl (C=O) groups excluding carboxylic acids is 2. The summed E-state index contributed by atoms with van der Waals surface area (Å²) < 4.78 is 0. The van der Waals surface area contributed by atoms with Gasteiger partial charge >= 0.3 is 5.97 Å². The van der Waals surface area contributed by atoms with Crippen molar-refractivity contribution < 1.29 is 19.5 Å². The second kappa shape index (κ2) is 6.24. The van der Waals surface area contributed by atoms with Crippen molar-refractivity contribution in [2.24, 2.45) is 0 Å². The molecule has 0 unspecified atom stereocenters. The molecule has 0 aliphatic rings. The number of benzene rings is 1. The van der Waals surface area contributed by atoms with Gasteiger partial charge in [0.25, 0.3) is 5.91 Å². The van der Waals surface area contributed by atoms with Gasteiger partial charge in [0.1, 0.15) is 6.54 Å². The average molecular weight is 251 g/mol. The number of rotatable bonds is 5. The van der Waals surface area contributed by atoms with Gasteiger partial charge in [-0.15, -0.1) is 0 Å². The van der Waals surface area contributed by atoms with Crippen LogP contribution in [0.2, 0.25) is 0 Å². The van der Waals surface area contributed by atoms with E-state index in [9.17, 15) is 14.4 Å². The minimum atomic E-state index is -1.15. The fourth-order valence-electron chi connectivity index (χ4n) is 1.20. The number of amides is 2. The largest absolute Gasteiger partial charge is 0.480 e. The van der Waals surface area contributed by atoms with Crippen molar-refractivity contribution >= 4 is 23.5 Å². The molecule has 0 atom stereocenters. The zero-order chi connectivity index (χ0) is 13.5. The lowest BCUT2D eigenvalue weighted by Crippen LogP contribution is -2.39. The van der Waals surface area contributed by atoms with Crippen LogP contribution in [-0.2, 0) is 9.59 Å². The van der Waals surface area contributed by atoms with E-state index in [0.29, 0.717) is 5.69 Å². The van der Waals surface area contributed by atoms with Crippen LogP contribution in [0.25, 0.3) is 0 Å². The first kappa shape index (κ1) is 13.5. The zero-order valence-electron chi connectivity index (χ0n) is 9.47. The van der Waals surface area contributed by atoms with E-state index in [1.54, 1.807) is 18.2 Å². The lowest BCUT2D eigenvalue weighted by molar-refractivity contribution is -0.137. The van der Waals surface area contributed by atoms with Gasteiger partial charge in [-0.1, -0.05) is 12.1 Å². The summed E-state index contributed by atoms with van der Waals surface area (Å²) in [7, 11) is 0. The van der Waals surface area contributed by atoms with Crippen molar-refractivity contribution in [1.82, 2.24) is 10.6 Å². The van der Waals surface area contributed by atoms with E-state index in [2.05, 4.69) is 10.6 Å². The minimum absolute atomic E-state index is 0.267. The molecule has 1 aromatic carbocycles. The second-order valence-corrected chi connectivity index (χ2v) is 3.44. The number of carbonyl (C=O) groups is 3. The van der Waals surface area contributed by atoms with Crippen LogP contribution >= 0.6 is 0 Å². The number of hydrogen-bond donors (Lipinski definition) is 4. The Balaban J connectivity index is 2.45. The van der Waals surface area contributed by atoms with Crippen molar-refractivity contribution in [2.45, 2.75) is 0 Å². The van der Waals surface area contributed by atoms with Gasteiger partial charge in [0.2, 0.25) is 5.91 Å². The van der Waals surface area contributed by atoms with Gasteiger partial charge in [-0.2, -0.15) is 0 Å². The Morgan fingerprint density at radius 3 is 2.39 bits per heavy atom. The molecule has 96 valence electrons. The lowest BCUT2D eigenvalue weighted by Gasteiger charge is -2.07. The Bertz CT molecular complexity index is 473. The average Bonchev–Trinajstić information content (AvgIpc) is 2.34. The summed E-state index contributed by atoms with van der Waals surface area (Å²) in [5.41, 5.74) is 6.16. The van der Waals surface area contributed by atoms with Crippen LogP contribution in [0.4, 0.5) is 5.69 Å². The summed E-state index contributed by atoms with van der Waals surface area (Å²) in [4.78, 5) is 33.0. The summed E-state index contributed by atoms with van der Waals surface area (Å²) in [5, 5.41) is 12.8. The molecule has 0 aliphatic carbocycles. The van der Waals surface area contributed by atoms with Crippen LogP contribution < -0.4 is 16.4 Å². The van der Waals surface area contributed by atoms with E-state index in [-0.39, 0.29) is 12.1 Å². The molecule has 0 aliphatic heterocycles. The Kier molecular flexibility index (Phi) is 4.67. The Labute approximate surface area is 103 Å². The number of carboxylic acids is 1. The number of nitrogens with two attached hydrogens (primary N) is 1. The standard InChI is InChI=1S/C11H13N3O4/c12-8-4-2-1-3-7(8)11(18)14-5-9(15)13-6-10(16)17/h1-4H,5-6,12H2,(H,13,15)(H,14,18)(H,16,17). The molecule has 0 saturated heterocycles. The molecule has 0 spiro atoms. The number of hydrogen-bond acceptors (Lipinski definition) is 4. The number of nitrogens with one attached hydrogen (secondary N) is 2. The number of para-hydroxylation sites is 1. The molecule has 0 saturated carbocycles. The molecular weight excluding hydrogens is 238 g/mol. The highest BCUT2D eigenvalue weighted by Gasteiger charge is 2.10. The third-order valence-corrected chi connectivity index (χ3v) is 2.05.